The number of carbonyl (C=O) groups excluding carboxylic acids is 1. The average Bonchev–Trinajstić information content (AvgIpc) is 2.83. The summed E-state index contributed by atoms with van der Waals surface area (Å²) in [5.41, 5.74) is -0.203. The summed E-state index contributed by atoms with van der Waals surface area (Å²) in [5, 5.41) is 12.6. The Bertz CT molecular complexity index is 2010. The molecule has 5 N–H and O–H groups in total. The number of nitrogens with zero attached hydrogens (tertiary/aromatic N) is 2. The van der Waals surface area contributed by atoms with Crippen molar-refractivity contribution in [2.45, 2.75) is 16.7 Å². The molecule has 0 heterocycles. The summed E-state index contributed by atoms with van der Waals surface area (Å²) in [6, 6.07) is 9.45. The van der Waals surface area contributed by atoms with E-state index in [1.807, 2.05) is 0 Å². The van der Waals surface area contributed by atoms with Crippen LogP contribution in [0.25, 0.3) is 10.8 Å². The first kappa shape index (κ1) is 32.9. The third-order valence-electron chi connectivity index (χ3n) is 5.15. The molecule has 0 aromatic heterocycles. The third kappa shape index (κ3) is 9.22. The molecule has 0 spiro atoms. The van der Waals surface area contributed by atoms with Crippen molar-refractivity contribution in [2.24, 2.45) is 10.2 Å². The lowest BCUT2D eigenvalue weighted by Crippen LogP contribution is -2.15. The fraction of sp³-hybridized carbons (Fsp3) is 0.190. The summed E-state index contributed by atoms with van der Waals surface area (Å²) in [5.74, 6) is -2.21. The van der Waals surface area contributed by atoms with Gasteiger partial charge in [0.15, 0.2) is 9.84 Å². The van der Waals surface area contributed by atoms with Gasteiger partial charge in [-0.1, -0.05) is 12.1 Å². The van der Waals surface area contributed by atoms with Crippen molar-refractivity contribution in [3.05, 3.63) is 48.5 Å². The van der Waals surface area contributed by atoms with E-state index in [0.717, 1.165) is 24.3 Å². The largest absolute Gasteiger partial charge is 0.397 e. The second kappa shape index (κ2) is 12.3. The van der Waals surface area contributed by atoms with Crippen LogP contribution in [0.4, 0.5) is 22.7 Å². The van der Waals surface area contributed by atoms with Gasteiger partial charge in [0, 0.05) is 18.0 Å². The van der Waals surface area contributed by atoms with Crippen LogP contribution in [0.3, 0.4) is 0 Å². The number of nitrogens with one attached hydrogen (secondary N) is 2. The predicted molar refractivity (Wildman–Crippen MR) is 148 cm³/mol. The van der Waals surface area contributed by atoms with Crippen molar-refractivity contribution in [3.8, 4) is 0 Å². The molecule has 0 unspecified atom stereocenters. The molecule has 0 aliphatic rings. The standard InChI is InChI=1S/C21H22N4O13S4/c1-13(26)23-20-11-15(22-12-40(29,30)31)3-7-18(20)24-25-19-6-2-14-10-16(4-5-17(14)21(19)41(32,33)34)39(27,28)9-8-38-42(35,36)37/h2-7,10-11,22H,8-9,12H2,1H3,(H,23,26)(H,29,30,31)(H,32,33,34)(H,35,36,37). The van der Waals surface area contributed by atoms with E-state index >= 15 is 0 Å². The van der Waals surface area contributed by atoms with Gasteiger partial charge in [-0.3, -0.25) is 18.5 Å². The smallest absolute Gasteiger partial charge is 0.370 e. The van der Waals surface area contributed by atoms with Crippen LogP contribution >= 0.6 is 0 Å². The molecule has 0 bridgehead atoms. The number of anilines is 2. The molecule has 3 aromatic rings. The number of hydrogen-bond acceptors (Lipinski definition) is 13. The molecule has 3 rings (SSSR count). The molecule has 0 atom stereocenters. The zero-order valence-electron chi connectivity index (χ0n) is 21.2. The van der Waals surface area contributed by atoms with Crippen molar-refractivity contribution in [1.29, 1.82) is 0 Å². The molecule has 3 aromatic carbocycles. The summed E-state index contributed by atoms with van der Waals surface area (Å²) >= 11 is 0. The summed E-state index contributed by atoms with van der Waals surface area (Å²) in [6.45, 7) is 0.293. The van der Waals surface area contributed by atoms with Crippen LogP contribution < -0.4 is 10.6 Å². The number of carbonyl (C=O) groups is 1. The van der Waals surface area contributed by atoms with Crippen LogP contribution in [-0.4, -0.2) is 71.5 Å². The lowest BCUT2D eigenvalue weighted by molar-refractivity contribution is -0.114. The Morgan fingerprint density at radius 2 is 1.50 bits per heavy atom. The molecular formula is C21H22N4O13S4. The molecule has 1 amide bonds. The van der Waals surface area contributed by atoms with Crippen LogP contribution in [0, 0.1) is 0 Å². The molecular weight excluding hydrogens is 645 g/mol. The van der Waals surface area contributed by atoms with E-state index < -0.39 is 69.5 Å². The summed E-state index contributed by atoms with van der Waals surface area (Å²) in [7, 11) is -18.4. The Labute approximate surface area is 240 Å². The zero-order valence-corrected chi connectivity index (χ0v) is 24.5. The van der Waals surface area contributed by atoms with Gasteiger partial charge in [-0.15, -0.1) is 10.2 Å². The van der Waals surface area contributed by atoms with Crippen LogP contribution in [0.5, 0.6) is 0 Å². The van der Waals surface area contributed by atoms with Gasteiger partial charge in [-0.25, -0.2) is 12.6 Å². The van der Waals surface area contributed by atoms with Gasteiger partial charge < -0.3 is 10.6 Å². The van der Waals surface area contributed by atoms with E-state index in [0.29, 0.717) is 0 Å². The van der Waals surface area contributed by atoms with Gasteiger partial charge in [0.2, 0.25) is 5.91 Å². The molecule has 42 heavy (non-hydrogen) atoms. The minimum Gasteiger partial charge on any atom is -0.370 e. The van der Waals surface area contributed by atoms with Gasteiger partial charge in [0.05, 0.1) is 22.9 Å². The normalized spacial score (nSPS) is 13.0. The number of fused-ring (bicyclic) bond motifs is 1. The first-order valence-corrected chi connectivity index (χ1v) is 17.2. The Kier molecular flexibility index (Phi) is 9.68. The van der Waals surface area contributed by atoms with E-state index in [1.165, 1.54) is 31.2 Å². The van der Waals surface area contributed by atoms with Gasteiger partial charge >= 0.3 is 10.4 Å². The van der Waals surface area contributed by atoms with Crippen LogP contribution in [0.2, 0.25) is 0 Å². The molecule has 0 saturated heterocycles. The van der Waals surface area contributed by atoms with E-state index in [9.17, 15) is 43.0 Å². The lowest BCUT2D eigenvalue weighted by atomic mass is 10.1. The van der Waals surface area contributed by atoms with E-state index in [1.54, 1.807) is 0 Å². The fourth-order valence-corrected chi connectivity index (χ4v) is 6.19. The number of rotatable bonds is 12. The number of benzene rings is 3. The van der Waals surface area contributed by atoms with Gasteiger partial charge in [0.1, 0.15) is 22.1 Å². The Morgan fingerprint density at radius 1 is 0.857 bits per heavy atom. The highest BCUT2D eigenvalue weighted by atomic mass is 32.3. The second-order valence-corrected chi connectivity index (χ2v) is 14.4. The maximum absolute atomic E-state index is 12.6. The lowest BCUT2D eigenvalue weighted by Gasteiger charge is -2.11. The minimum atomic E-state index is -4.98. The van der Waals surface area contributed by atoms with Crippen LogP contribution in [0.15, 0.2) is 68.6 Å². The molecule has 21 heteroatoms. The maximum atomic E-state index is 12.6. The molecule has 0 aliphatic heterocycles. The summed E-state index contributed by atoms with van der Waals surface area (Å²) in [6.07, 6.45) is 0. The van der Waals surface area contributed by atoms with E-state index in [-0.39, 0.29) is 38.4 Å². The van der Waals surface area contributed by atoms with Crippen molar-refractivity contribution in [1.82, 2.24) is 0 Å². The number of hydrogen-bond donors (Lipinski definition) is 5. The Morgan fingerprint density at radius 3 is 2.10 bits per heavy atom. The second-order valence-electron chi connectivity index (χ2n) is 8.36. The van der Waals surface area contributed by atoms with Gasteiger partial charge in [-0.05, 0) is 41.8 Å². The van der Waals surface area contributed by atoms with Crippen LogP contribution in [0.1, 0.15) is 6.92 Å². The highest BCUT2D eigenvalue weighted by molar-refractivity contribution is 7.91. The van der Waals surface area contributed by atoms with E-state index in [4.69, 9.17) is 9.11 Å². The first-order chi connectivity index (χ1) is 19.2. The Balaban J connectivity index is 2.03. The minimum absolute atomic E-state index is 0.0162. The molecule has 0 radical (unpaired) electrons. The van der Waals surface area contributed by atoms with Crippen molar-refractivity contribution >= 4 is 79.9 Å². The summed E-state index contributed by atoms with van der Waals surface area (Å²) < 4.78 is 125. The topological polar surface area (TPSA) is 272 Å². The summed E-state index contributed by atoms with van der Waals surface area (Å²) in [4.78, 5) is 10.6. The Hall–Kier alpha value is -3.57. The SMILES string of the molecule is CC(=O)Nc1cc(NCS(=O)(=O)O)ccc1N=Nc1ccc2cc(S(=O)(=O)CCOS(=O)(=O)O)ccc2c1S(=O)(=O)O. The number of azo groups is 1. The highest BCUT2D eigenvalue weighted by Crippen LogP contribution is 2.36. The first-order valence-electron chi connectivity index (χ1n) is 11.2. The number of sulfone groups is 1. The predicted octanol–water partition coefficient (Wildman–Crippen LogP) is 2.31. The maximum Gasteiger partial charge on any atom is 0.397 e. The molecule has 17 nitrogen and oxygen atoms in total. The molecule has 0 saturated carbocycles. The zero-order chi connectivity index (χ0) is 31.5. The molecule has 0 fully saturated rings. The molecule has 228 valence electrons. The van der Waals surface area contributed by atoms with Gasteiger partial charge in [0.25, 0.3) is 20.2 Å². The average molecular weight is 667 g/mol. The third-order valence-corrected chi connectivity index (χ3v) is 8.75. The van der Waals surface area contributed by atoms with Gasteiger partial charge in [-0.2, -0.15) is 25.3 Å². The van der Waals surface area contributed by atoms with E-state index in [2.05, 4.69) is 25.0 Å². The quantitative estimate of drug-likeness (QED) is 0.137. The van der Waals surface area contributed by atoms with Crippen LogP contribution in [-0.2, 0) is 49.5 Å². The van der Waals surface area contributed by atoms with Crippen molar-refractivity contribution < 1.29 is 56.3 Å². The fourth-order valence-electron chi connectivity index (χ4n) is 3.48. The highest BCUT2D eigenvalue weighted by Gasteiger charge is 2.23. The van der Waals surface area contributed by atoms with Crippen molar-refractivity contribution in [2.75, 3.05) is 28.9 Å². The monoisotopic (exact) mass is 666 g/mol. The molecule has 0 aliphatic carbocycles. The van der Waals surface area contributed by atoms with Crippen molar-refractivity contribution in [3.63, 3.8) is 0 Å². The number of amides is 1.